The Balaban J connectivity index is 2.78. The fraction of sp³-hybridized carbons (Fsp3) is 0.182. The van der Waals surface area contributed by atoms with Crippen molar-refractivity contribution in [3.05, 3.63) is 41.5 Å². The van der Waals surface area contributed by atoms with Gasteiger partial charge in [0.15, 0.2) is 0 Å². The Hall–Kier alpha value is -1.19. The molecule has 0 bridgehead atoms. The fourth-order valence-electron chi connectivity index (χ4n) is 1.09. The molecule has 1 rings (SSSR count). The molecular formula is C11H13NOS. The predicted molar refractivity (Wildman–Crippen MR) is 63.1 cm³/mol. The van der Waals surface area contributed by atoms with Crippen molar-refractivity contribution in [1.82, 2.24) is 0 Å². The first kappa shape index (κ1) is 10.9. The maximum Gasteiger partial charge on any atom is 0.104 e. The van der Waals surface area contributed by atoms with Crippen molar-refractivity contribution in [3.63, 3.8) is 0 Å². The lowest BCUT2D eigenvalue weighted by molar-refractivity contribution is 0.303. The topological polar surface area (TPSA) is 46.2 Å². The van der Waals surface area contributed by atoms with Crippen molar-refractivity contribution in [1.29, 1.82) is 0 Å². The van der Waals surface area contributed by atoms with Crippen LogP contribution in [0.15, 0.2) is 30.3 Å². The molecule has 0 saturated carbocycles. The van der Waals surface area contributed by atoms with E-state index in [0.717, 1.165) is 11.1 Å². The number of hydrogen-bond donors (Lipinski definition) is 2. The molecular weight excluding hydrogens is 194 g/mol. The van der Waals surface area contributed by atoms with E-state index in [1.54, 1.807) is 0 Å². The summed E-state index contributed by atoms with van der Waals surface area (Å²) >= 11 is 4.87. The van der Waals surface area contributed by atoms with Gasteiger partial charge in [-0.3, -0.25) is 0 Å². The summed E-state index contributed by atoms with van der Waals surface area (Å²) in [7, 11) is 0. The van der Waals surface area contributed by atoms with E-state index in [0.29, 0.717) is 11.4 Å². The Morgan fingerprint density at radius 1 is 1.50 bits per heavy atom. The van der Waals surface area contributed by atoms with E-state index in [1.807, 2.05) is 36.4 Å². The first-order chi connectivity index (χ1) is 6.74. The number of nitrogens with two attached hydrogens (primary N) is 1. The second-order valence-electron chi connectivity index (χ2n) is 2.90. The Morgan fingerprint density at radius 2 is 2.29 bits per heavy atom. The third kappa shape index (κ3) is 3.28. The van der Waals surface area contributed by atoms with E-state index in [-0.39, 0.29) is 6.61 Å². The lowest BCUT2D eigenvalue weighted by Gasteiger charge is -1.99. The van der Waals surface area contributed by atoms with Gasteiger partial charge in [0.25, 0.3) is 0 Å². The molecule has 0 spiro atoms. The first-order valence-electron chi connectivity index (χ1n) is 4.41. The van der Waals surface area contributed by atoms with Crippen LogP contribution in [0.4, 0.5) is 0 Å². The summed E-state index contributed by atoms with van der Waals surface area (Å²) in [5, 5.41) is 8.60. The fourth-order valence-corrected chi connectivity index (χ4v) is 1.22. The van der Waals surface area contributed by atoms with Gasteiger partial charge in [0.1, 0.15) is 4.99 Å². The molecule has 0 aliphatic carbocycles. The molecule has 0 aromatic heterocycles. The highest BCUT2D eigenvalue weighted by Crippen LogP contribution is 2.07. The first-order valence-corrected chi connectivity index (χ1v) is 4.82. The third-order valence-corrected chi connectivity index (χ3v) is 2.01. The molecule has 1 aromatic rings. The smallest absolute Gasteiger partial charge is 0.104 e. The monoisotopic (exact) mass is 207 g/mol. The third-order valence-electron chi connectivity index (χ3n) is 1.78. The Labute approximate surface area is 89.1 Å². The highest BCUT2D eigenvalue weighted by molar-refractivity contribution is 7.80. The van der Waals surface area contributed by atoms with Crippen molar-refractivity contribution >= 4 is 23.3 Å². The molecule has 0 aliphatic heterocycles. The van der Waals surface area contributed by atoms with Crippen LogP contribution < -0.4 is 5.73 Å². The van der Waals surface area contributed by atoms with Crippen molar-refractivity contribution in [2.24, 2.45) is 5.73 Å². The zero-order chi connectivity index (χ0) is 10.4. The van der Waals surface area contributed by atoms with E-state index in [1.165, 1.54) is 0 Å². The summed E-state index contributed by atoms with van der Waals surface area (Å²) in [6.45, 7) is 0.172. The van der Waals surface area contributed by atoms with Gasteiger partial charge < -0.3 is 10.8 Å². The summed E-state index contributed by atoms with van der Waals surface area (Å²) in [5.41, 5.74) is 7.42. The Bertz CT molecular complexity index is 347. The largest absolute Gasteiger partial charge is 0.396 e. The number of hydrogen-bond acceptors (Lipinski definition) is 2. The van der Waals surface area contributed by atoms with Crippen LogP contribution in [0.5, 0.6) is 0 Å². The summed E-state index contributed by atoms with van der Waals surface area (Å²) in [5.74, 6) is 0. The van der Waals surface area contributed by atoms with Crippen LogP contribution in [0.3, 0.4) is 0 Å². The molecule has 0 saturated heterocycles. The maximum absolute atomic E-state index is 8.60. The minimum absolute atomic E-state index is 0.172. The van der Waals surface area contributed by atoms with Gasteiger partial charge in [0.05, 0.1) is 0 Å². The van der Waals surface area contributed by atoms with Gasteiger partial charge in [-0.05, 0) is 18.1 Å². The average Bonchev–Trinajstić information content (AvgIpc) is 2.19. The lowest BCUT2D eigenvalue weighted by Crippen LogP contribution is -2.08. The number of rotatable bonds is 4. The van der Waals surface area contributed by atoms with Gasteiger partial charge in [0, 0.05) is 12.2 Å². The molecule has 0 amide bonds. The summed E-state index contributed by atoms with van der Waals surface area (Å²) in [6.07, 6.45) is 4.52. The summed E-state index contributed by atoms with van der Waals surface area (Å²) in [6, 6.07) is 7.69. The van der Waals surface area contributed by atoms with Crippen LogP contribution in [0, 0.1) is 0 Å². The quantitative estimate of drug-likeness (QED) is 0.739. The van der Waals surface area contributed by atoms with E-state index in [2.05, 4.69) is 0 Å². The molecule has 3 N–H and O–H groups in total. The minimum Gasteiger partial charge on any atom is -0.396 e. The van der Waals surface area contributed by atoms with Gasteiger partial charge >= 0.3 is 0 Å². The van der Waals surface area contributed by atoms with Crippen LogP contribution in [-0.2, 0) is 0 Å². The zero-order valence-corrected chi connectivity index (χ0v) is 8.63. The predicted octanol–water partition coefficient (Wildman–Crippen LogP) is 1.72. The zero-order valence-electron chi connectivity index (χ0n) is 7.81. The molecule has 0 fully saturated rings. The van der Waals surface area contributed by atoms with Crippen LogP contribution in [0.1, 0.15) is 17.5 Å². The van der Waals surface area contributed by atoms with Crippen LogP contribution in [0.2, 0.25) is 0 Å². The van der Waals surface area contributed by atoms with Gasteiger partial charge in [-0.1, -0.05) is 42.6 Å². The number of aliphatic hydroxyl groups is 1. The number of thiocarbonyl (C=S) groups is 1. The molecule has 0 unspecified atom stereocenters. The molecule has 74 valence electrons. The van der Waals surface area contributed by atoms with E-state index >= 15 is 0 Å². The molecule has 1 aromatic carbocycles. The summed E-state index contributed by atoms with van der Waals surface area (Å²) in [4.78, 5) is 0.405. The SMILES string of the molecule is NC(=S)c1cccc(C=CCCO)c1. The highest BCUT2D eigenvalue weighted by Gasteiger charge is 1.94. The second-order valence-corrected chi connectivity index (χ2v) is 3.34. The molecule has 0 atom stereocenters. The Kier molecular flexibility index (Phi) is 4.29. The van der Waals surface area contributed by atoms with Crippen molar-refractivity contribution < 1.29 is 5.11 Å². The second kappa shape index (κ2) is 5.52. The van der Waals surface area contributed by atoms with Crippen LogP contribution in [0.25, 0.3) is 6.08 Å². The van der Waals surface area contributed by atoms with Crippen LogP contribution in [-0.4, -0.2) is 16.7 Å². The van der Waals surface area contributed by atoms with Gasteiger partial charge in [-0.25, -0.2) is 0 Å². The van der Waals surface area contributed by atoms with Crippen LogP contribution >= 0.6 is 12.2 Å². The lowest BCUT2D eigenvalue weighted by atomic mass is 10.1. The van der Waals surface area contributed by atoms with E-state index in [9.17, 15) is 0 Å². The number of aliphatic hydroxyl groups excluding tert-OH is 1. The molecule has 3 heteroatoms. The molecule has 14 heavy (non-hydrogen) atoms. The van der Waals surface area contributed by atoms with Crippen molar-refractivity contribution in [2.45, 2.75) is 6.42 Å². The Morgan fingerprint density at radius 3 is 2.93 bits per heavy atom. The van der Waals surface area contributed by atoms with E-state index in [4.69, 9.17) is 23.1 Å². The number of benzene rings is 1. The molecule has 0 aliphatic rings. The van der Waals surface area contributed by atoms with Crippen molar-refractivity contribution in [3.8, 4) is 0 Å². The van der Waals surface area contributed by atoms with E-state index < -0.39 is 0 Å². The summed E-state index contributed by atoms with van der Waals surface area (Å²) < 4.78 is 0. The van der Waals surface area contributed by atoms with Gasteiger partial charge in [-0.15, -0.1) is 0 Å². The molecule has 0 radical (unpaired) electrons. The average molecular weight is 207 g/mol. The molecule has 2 nitrogen and oxygen atoms in total. The molecule has 0 heterocycles. The highest BCUT2D eigenvalue weighted by atomic mass is 32.1. The van der Waals surface area contributed by atoms with Gasteiger partial charge in [0.2, 0.25) is 0 Å². The van der Waals surface area contributed by atoms with Gasteiger partial charge in [-0.2, -0.15) is 0 Å². The standard InChI is InChI=1S/C11H13NOS/c12-11(14)10-6-3-5-9(8-10)4-1-2-7-13/h1,3-6,8,13H,2,7H2,(H2,12,14). The minimum atomic E-state index is 0.172. The normalized spacial score (nSPS) is 10.6. The van der Waals surface area contributed by atoms with Crippen molar-refractivity contribution in [2.75, 3.05) is 6.61 Å². The maximum atomic E-state index is 8.60.